The molecule has 3 aliphatic rings. The number of hydrogen-bond acceptors (Lipinski definition) is 4. The first kappa shape index (κ1) is 34.7. The van der Waals surface area contributed by atoms with Gasteiger partial charge in [-0.2, -0.15) is 0 Å². The van der Waals surface area contributed by atoms with Gasteiger partial charge in [-0.05, 0) is 90.5 Å². The fourth-order valence-electron chi connectivity index (χ4n) is 8.09. The number of nitrogens with one attached hydrogen (secondary N) is 2. The lowest BCUT2D eigenvalue weighted by Gasteiger charge is -2.57. The van der Waals surface area contributed by atoms with Gasteiger partial charge in [0.1, 0.15) is 0 Å². The van der Waals surface area contributed by atoms with E-state index < -0.39 is 0 Å². The number of amides is 1. The number of hydrogen-bond donors (Lipinski definition) is 2. The van der Waals surface area contributed by atoms with Crippen LogP contribution in [0.25, 0.3) is 11.3 Å². The van der Waals surface area contributed by atoms with Gasteiger partial charge in [0.25, 0.3) is 5.91 Å². The number of aromatic nitrogens is 1. The highest BCUT2D eigenvalue weighted by Crippen LogP contribution is 2.68. The lowest BCUT2D eigenvalue weighted by atomic mass is 9.47. The van der Waals surface area contributed by atoms with E-state index in [1.165, 1.54) is 24.0 Å². The summed E-state index contributed by atoms with van der Waals surface area (Å²) in [5.74, 6) is 8.59. The van der Waals surface area contributed by atoms with Crippen molar-refractivity contribution in [2.45, 2.75) is 53.4 Å². The topological polar surface area (TPSA) is 54.0 Å². The summed E-state index contributed by atoms with van der Waals surface area (Å²) in [4.78, 5) is 17.9. The minimum atomic E-state index is -0.0991. The number of fused-ring (bicyclic) bond motifs is 1. The summed E-state index contributed by atoms with van der Waals surface area (Å²) in [5, 5.41) is 10.4. The first-order valence-electron chi connectivity index (χ1n) is 17.0. The molecule has 47 heavy (non-hydrogen) atoms. The van der Waals surface area contributed by atoms with Crippen LogP contribution in [0.4, 0.5) is 5.13 Å². The predicted molar refractivity (Wildman–Crippen MR) is 200 cm³/mol. The molecule has 1 fully saturated rings. The quantitative estimate of drug-likeness (QED) is 0.147. The van der Waals surface area contributed by atoms with Crippen molar-refractivity contribution in [1.82, 2.24) is 10.3 Å². The van der Waals surface area contributed by atoms with Gasteiger partial charge < -0.3 is 10.6 Å². The summed E-state index contributed by atoms with van der Waals surface area (Å²) < 4.78 is 0. The molecule has 6 heteroatoms. The number of carbonyl (C=O) groups excluding carboxylic acids is 1. The van der Waals surface area contributed by atoms with Gasteiger partial charge in [-0.3, -0.25) is 4.79 Å². The summed E-state index contributed by atoms with van der Waals surface area (Å²) in [6.45, 7) is 19.2. The zero-order valence-corrected chi connectivity index (χ0v) is 29.8. The molecule has 2 aromatic rings. The van der Waals surface area contributed by atoms with Gasteiger partial charge in [-0.1, -0.05) is 99.7 Å². The van der Waals surface area contributed by atoms with Crippen LogP contribution in [0.3, 0.4) is 0 Å². The second kappa shape index (κ2) is 15.5. The maximum absolute atomic E-state index is 13.0. The van der Waals surface area contributed by atoms with E-state index in [0.717, 1.165) is 35.8 Å². The first-order valence-corrected chi connectivity index (χ1v) is 18.2. The van der Waals surface area contributed by atoms with Crippen LogP contribution < -0.4 is 10.6 Å². The summed E-state index contributed by atoms with van der Waals surface area (Å²) in [7, 11) is 0. The molecule has 0 saturated heterocycles. The van der Waals surface area contributed by atoms with Gasteiger partial charge in [-0.15, -0.1) is 17.9 Å². The molecular formula is C41H48ClN3OS. The van der Waals surface area contributed by atoms with Crippen LogP contribution in [-0.4, -0.2) is 24.0 Å². The Morgan fingerprint density at radius 3 is 2.87 bits per heavy atom. The van der Waals surface area contributed by atoms with E-state index >= 15 is 0 Å². The molecular weight excluding hydrogens is 618 g/mol. The Morgan fingerprint density at radius 2 is 2.13 bits per heavy atom. The SMILES string of the molecule is C=CC1=C(/C=C\C)C2CC(CNc3nc(-c4cccc(C(=O)NCCC5C#CC=C(Cl)C=C5)c4)cs3)C2(C)C1C(CCC)C(C)C=C. The minimum Gasteiger partial charge on any atom is -0.361 e. The minimum absolute atomic E-state index is 0.0621. The van der Waals surface area contributed by atoms with Crippen molar-refractivity contribution in [3.63, 3.8) is 0 Å². The highest BCUT2D eigenvalue weighted by molar-refractivity contribution is 7.14. The van der Waals surface area contributed by atoms with Crippen LogP contribution in [0.1, 0.15) is 63.7 Å². The third kappa shape index (κ3) is 7.30. The van der Waals surface area contributed by atoms with Crippen molar-refractivity contribution >= 4 is 34.0 Å². The van der Waals surface area contributed by atoms with E-state index in [1.807, 2.05) is 36.4 Å². The number of anilines is 1. The normalized spacial score (nSPS) is 25.9. The van der Waals surface area contributed by atoms with Gasteiger partial charge in [0.15, 0.2) is 5.13 Å². The second-order valence-corrected chi connectivity index (χ2v) is 14.6. The summed E-state index contributed by atoms with van der Waals surface area (Å²) in [6, 6.07) is 7.70. The van der Waals surface area contributed by atoms with Gasteiger partial charge in [0, 0.05) is 46.6 Å². The Kier molecular flexibility index (Phi) is 11.5. The van der Waals surface area contributed by atoms with E-state index in [0.29, 0.717) is 46.7 Å². The van der Waals surface area contributed by atoms with Crippen molar-refractivity contribution in [2.75, 3.05) is 18.4 Å². The zero-order valence-electron chi connectivity index (χ0n) is 28.2. The largest absolute Gasteiger partial charge is 0.361 e. The molecule has 0 bridgehead atoms. The number of benzene rings is 1. The number of carbonyl (C=O) groups is 1. The Labute approximate surface area is 290 Å². The van der Waals surface area contributed by atoms with Gasteiger partial charge in [0.2, 0.25) is 0 Å². The number of rotatable bonds is 15. The monoisotopic (exact) mass is 665 g/mol. The molecule has 1 aromatic carbocycles. The molecule has 4 nitrogen and oxygen atoms in total. The van der Waals surface area contributed by atoms with E-state index in [-0.39, 0.29) is 17.2 Å². The fourth-order valence-corrected chi connectivity index (χ4v) is 8.95. The van der Waals surface area contributed by atoms with Crippen molar-refractivity contribution in [3.05, 3.63) is 107 Å². The van der Waals surface area contributed by atoms with Crippen molar-refractivity contribution in [2.24, 2.45) is 40.9 Å². The predicted octanol–water partition coefficient (Wildman–Crippen LogP) is 10.2. The van der Waals surface area contributed by atoms with E-state index in [2.05, 4.69) is 93.0 Å². The van der Waals surface area contributed by atoms with Gasteiger partial charge >= 0.3 is 0 Å². The zero-order chi connectivity index (χ0) is 33.6. The molecule has 5 rings (SSSR count). The number of halogens is 1. The Bertz CT molecular complexity index is 1670. The molecule has 0 aliphatic heterocycles. The fraction of sp³-hybridized carbons (Fsp3) is 0.415. The van der Waals surface area contributed by atoms with Crippen molar-refractivity contribution in [1.29, 1.82) is 0 Å². The van der Waals surface area contributed by atoms with Crippen LogP contribution in [0.15, 0.2) is 102 Å². The molecule has 246 valence electrons. The molecule has 1 heterocycles. The standard InChI is InChI=1S/C41H48ClN3OS/c1-7-13-34(27(5)9-3)38-33(10-4)35(14-8-2)36-24-31(41(36,38)6)25-44-40-45-37(26-47-40)29-16-12-17-30(23-29)39(46)43-22-21-28-15-11-18-32(42)20-19-28/h8-10,12,14,16-20,23,26-28,31,34,36,38H,3-4,7,13,21-22,24-25H2,1-2,5-6H3,(H,43,46)(H,44,45)/b14-8-. The highest BCUT2D eigenvalue weighted by atomic mass is 35.5. The molecule has 3 aliphatic carbocycles. The number of nitrogens with zero attached hydrogens (tertiary/aromatic N) is 1. The van der Waals surface area contributed by atoms with Gasteiger partial charge in [-0.25, -0.2) is 4.98 Å². The van der Waals surface area contributed by atoms with Gasteiger partial charge in [0.05, 0.1) is 5.69 Å². The third-order valence-corrected chi connectivity index (χ3v) is 11.7. The molecule has 1 amide bonds. The van der Waals surface area contributed by atoms with Crippen molar-refractivity contribution in [3.8, 4) is 23.1 Å². The van der Waals surface area contributed by atoms with Crippen LogP contribution in [-0.2, 0) is 0 Å². The highest BCUT2D eigenvalue weighted by Gasteiger charge is 2.62. The van der Waals surface area contributed by atoms with Crippen molar-refractivity contribution < 1.29 is 4.79 Å². The Morgan fingerprint density at radius 1 is 1.30 bits per heavy atom. The third-order valence-electron chi connectivity index (χ3n) is 10.7. The summed E-state index contributed by atoms with van der Waals surface area (Å²) >= 11 is 7.65. The molecule has 0 radical (unpaired) electrons. The smallest absolute Gasteiger partial charge is 0.251 e. The molecule has 7 unspecified atom stereocenters. The average molecular weight is 666 g/mol. The Balaban J connectivity index is 1.24. The maximum atomic E-state index is 13.0. The lowest BCUT2D eigenvalue weighted by Crippen LogP contribution is -2.53. The first-order chi connectivity index (χ1) is 22.7. The van der Waals surface area contributed by atoms with E-state index in [4.69, 9.17) is 16.6 Å². The number of allylic oxidation sites excluding steroid dienone is 10. The molecule has 1 aromatic heterocycles. The van der Waals surface area contributed by atoms with Crippen LogP contribution >= 0.6 is 22.9 Å². The average Bonchev–Trinajstić information content (AvgIpc) is 3.53. The molecule has 1 saturated carbocycles. The molecule has 2 N–H and O–H groups in total. The van der Waals surface area contributed by atoms with E-state index in [9.17, 15) is 4.79 Å². The lowest BCUT2D eigenvalue weighted by molar-refractivity contribution is -0.0547. The molecule has 0 spiro atoms. The number of thiazole rings is 1. The second-order valence-electron chi connectivity index (χ2n) is 13.3. The Hall–Kier alpha value is -3.59. The summed E-state index contributed by atoms with van der Waals surface area (Å²) in [5.41, 5.74) is 5.52. The molecule has 7 atom stereocenters. The summed E-state index contributed by atoms with van der Waals surface area (Å²) in [6.07, 6.45) is 18.6. The van der Waals surface area contributed by atoms with Crippen LogP contribution in [0.2, 0.25) is 0 Å². The van der Waals surface area contributed by atoms with Crippen LogP contribution in [0, 0.1) is 52.8 Å². The maximum Gasteiger partial charge on any atom is 0.251 e. The van der Waals surface area contributed by atoms with Crippen LogP contribution in [0.5, 0.6) is 0 Å². The van der Waals surface area contributed by atoms with E-state index in [1.54, 1.807) is 17.4 Å².